The second-order valence-corrected chi connectivity index (χ2v) is 4.06. The lowest BCUT2D eigenvalue weighted by Crippen LogP contribution is -2.20. The van der Waals surface area contributed by atoms with E-state index in [-0.39, 0.29) is 11.4 Å². The lowest BCUT2D eigenvalue weighted by Gasteiger charge is -2.13. The summed E-state index contributed by atoms with van der Waals surface area (Å²) >= 11 is 0. The van der Waals surface area contributed by atoms with Gasteiger partial charge in [-0.2, -0.15) is 0 Å². The molecular weight excluding hydrogens is 190 g/mol. The van der Waals surface area contributed by atoms with Crippen molar-refractivity contribution < 1.29 is 9.53 Å². The first kappa shape index (κ1) is 10.2. The summed E-state index contributed by atoms with van der Waals surface area (Å²) in [7, 11) is 1.39. The van der Waals surface area contributed by atoms with Gasteiger partial charge in [0.15, 0.2) is 0 Å². The van der Waals surface area contributed by atoms with Gasteiger partial charge in [0.2, 0.25) is 0 Å². The van der Waals surface area contributed by atoms with Crippen LogP contribution in [0, 0.1) is 0 Å². The highest BCUT2D eigenvalue weighted by molar-refractivity contribution is 5.89. The summed E-state index contributed by atoms with van der Waals surface area (Å²) in [5, 5.41) is 0. The van der Waals surface area contributed by atoms with Gasteiger partial charge in [0.25, 0.3) is 0 Å². The molecule has 2 rings (SSSR count). The summed E-state index contributed by atoms with van der Waals surface area (Å²) in [4.78, 5) is 11.3. The van der Waals surface area contributed by atoms with Crippen molar-refractivity contribution in [3.8, 4) is 0 Å². The molecule has 3 nitrogen and oxygen atoms in total. The van der Waals surface area contributed by atoms with E-state index in [4.69, 9.17) is 5.73 Å². The zero-order chi connectivity index (χ0) is 10.9. The minimum absolute atomic E-state index is 0.129. The van der Waals surface area contributed by atoms with Crippen molar-refractivity contribution in [3.05, 3.63) is 35.4 Å². The van der Waals surface area contributed by atoms with Crippen molar-refractivity contribution in [1.29, 1.82) is 0 Å². The molecule has 3 heteroatoms. The fourth-order valence-electron chi connectivity index (χ4n) is 1.86. The minimum Gasteiger partial charge on any atom is -0.465 e. The second-order valence-electron chi connectivity index (χ2n) is 4.06. The Bertz CT molecular complexity index is 383. The zero-order valence-electron chi connectivity index (χ0n) is 8.82. The van der Waals surface area contributed by atoms with Crippen LogP contribution in [0.2, 0.25) is 0 Å². The first-order valence-electron chi connectivity index (χ1n) is 5.11. The molecule has 1 fully saturated rings. The molecule has 1 aliphatic rings. The summed E-state index contributed by atoms with van der Waals surface area (Å²) in [5.41, 5.74) is 7.64. The minimum atomic E-state index is -0.287. The second kappa shape index (κ2) is 3.66. The first-order chi connectivity index (χ1) is 7.22. The van der Waals surface area contributed by atoms with E-state index in [0.717, 1.165) is 18.4 Å². The monoisotopic (exact) mass is 205 g/mol. The number of ether oxygens (including phenoxy) is 1. The topological polar surface area (TPSA) is 52.3 Å². The Kier molecular flexibility index (Phi) is 2.49. The summed E-state index contributed by atoms with van der Waals surface area (Å²) in [6.07, 6.45) is 2.24. The Morgan fingerprint density at radius 3 is 2.80 bits per heavy atom. The van der Waals surface area contributed by atoms with E-state index in [0.29, 0.717) is 12.1 Å². The van der Waals surface area contributed by atoms with Crippen LogP contribution in [0.3, 0.4) is 0 Å². The smallest absolute Gasteiger partial charge is 0.337 e. The fraction of sp³-hybridized carbons (Fsp3) is 0.417. The van der Waals surface area contributed by atoms with E-state index in [1.807, 2.05) is 18.2 Å². The van der Waals surface area contributed by atoms with Gasteiger partial charge < -0.3 is 10.5 Å². The van der Waals surface area contributed by atoms with E-state index < -0.39 is 0 Å². The van der Waals surface area contributed by atoms with Crippen molar-refractivity contribution in [2.24, 2.45) is 5.73 Å². The van der Waals surface area contributed by atoms with Gasteiger partial charge in [-0.3, -0.25) is 0 Å². The fourth-order valence-corrected chi connectivity index (χ4v) is 1.86. The standard InChI is InChI=1S/C12H15NO2/c1-15-11(14)9-3-2-4-10(7-9)12(8-13)5-6-12/h2-4,7H,5-6,8,13H2,1H3. The van der Waals surface area contributed by atoms with Crippen molar-refractivity contribution in [3.63, 3.8) is 0 Å². The van der Waals surface area contributed by atoms with Crippen molar-refractivity contribution in [2.45, 2.75) is 18.3 Å². The molecule has 1 aliphatic carbocycles. The van der Waals surface area contributed by atoms with Crippen LogP contribution in [0.25, 0.3) is 0 Å². The zero-order valence-corrected chi connectivity index (χ0v) is 8.82. The van der Waals surface area contributed by atoms with Crippen LogP contribution in [0.4, 0.5) is 0 Å². The molecule has 80 valence electrons. The molecule has 2 N–H and O–H groups in total. The molecule has 0 atom stereocenters. The van der Waals surface area contributed by atoms with Gasteiger partial charge in [-0.15, -0.1) is 0 Å². The first-order valence-corrected chi connectivity index (χ1v) is 5.11. The van der Waals surface area contributed by atoms with E-state index in [2.05, 4.69) is 4.74 Å². The highest BCUT2D eigenvalue weighted by Gasteiger charge is 2.42. The number of hydrogen-bond donors (Lipinski definition) is 1. The molecule has 0 aliphatic heterocycles. The van der Waals surface area contributed by atoms with Gasteiger partial charge in [0.1, 0.15) is 0 Å². The predicted molar refractivity (Wildman–Crippen MR) is 57.7 cm³/mol. The van der Waals surface area contributed by atoms with Gasteiger partial charge in [-0.05, 0) is 30.5 Å². The maximum atomic E-state index is 11.3. The number of carbonyl (C=O) groups is 1. The van der Waals surface area contributed by atoms with E-state index >= 15 is 0 Å². The van der Waals surface area contributed by atoms with Crippen LogP contribution in [-0.2, 0) is 10.2 Å². The number of hydrogen-bond acceptors (Lipinski definition) is 3. The van der Waals surface area contributed by atoms with Crippen LogP contribution in [0.5, 0.6) is 0 Å². The average molecular weight is 205 g/mol. The molecule has 0 spiro atoms. The number of benzene rings is 1. The van der Waals surface area contributed by atoms with Crippen molar-refractivity contribution in [1.82, 2.24) is 0 Å². The molecule has 0 bridgehead atoms. The Balaban J connectivity index is 2.31. The summed E-state index contributed by atoms with van der Waals surface area (Å²) in [5.74, 6) is -0.287. The number of esters is 1. The normalized spacial score (nSPS) is 17.2. The lowest BCUT2D eigenvalue weighted by molar-refractivity contribution is 0.0600. The predicted octanol–water partition coefficient (Wildman–Crippen LogP) is 1.46. The van der Waals surface area contributed by atoms with Gasteiger partial charge in [-0.1, -0.05) is 12.1 Å². The molecule has 0 unspecified atom stereocenters. The molecule has 15 heavy (non-hydrogen) atoms. The van der Waals surface area contributed by atoms with Gasteiger partial charge in [0.05, 0.1) is 12.7 Å². The summed E-state index contributed by atoms with van der Waals surface area (Å²) in [6, 6.07) is 7.58. The van der Waals surface area contributed by atoms with Crippen LogP contribution >= 0.6 is 0 Å². The third-order valence-corrected chi connectivity index (χ3v) is 3.14. The summed E-state index contributed by atoms with van der Waals surface area (Å²) in [6.45, 7) is 0.650. The lowest BCUT2D eigenvalue weighted by atomic mass is 9.94. The van der Waals surface area contributed by atoms with Crippen molar-refractivity contribution >= 4 is 5.97 Å². The SMILES string of the molecule is COC(=O)c1cccc(C2(CN)CC2)c1. The van der Waals surface area contributed by atoms with E-state index in [9.17, 15) is 4.79 Å². The number of methoxy groups -OCH3 is 1. The third kappa shape index (κ3) is 1.75. The molecule has 0 amide bonds. The summed E-state index contributed by atoms with van der Waals surface area (Å²) < 4.78 is 4.69. The quantitative estimate of drug-likeness (QED) is 0.760. The third-order valence-electron chi connectivity index (χ3n) is 3.14. The van der Waals surface area contributed by atoms with Crippen LogP contribution < -0.4 is 5.73 Å². The van der Waals surface area contributed by atoms with Crippen LogP contribution in [0.15, 0.2) is 24.3 Å². The highest BCUT2D eigenvalue weighted by atomic mass is 16.5. The van der Waals surface area contributed by atoms with Gasteiger partial charge in [0, 0.05) is 12.0 Å². The Morgan fingerprint density at radius 1 is 1.53 bits per heavy atom. The number of rotatable bonds is 3. The Morgan fingerprint density at radius 2 is 2.27 bits per heavy atom. The highest BCUT2D eigenvalue weighted by Crippen LogP contribution is 2.47. The number of nitrogens with two attached hydrogens (primary N) is 1. The maximum absolute atomic E-state index is 11.3. The van der Waals surface area contributed by atoms with E-state index in [1.165, 1.54) is 7.11 Å². The van der Waals surface area contributed by atoms with Gasteiger partial charge in [-0.25, -0.2) is 4.79 Å². The van der Waals surface area contributed by atoms with E-state index in [1.54, 1.807) is 6.07 Å². The Hall–Kier alpha value is -1.35. The molecule has 0 heterocycles. The van der Waals surface area contributed by atoms with Crippen molar-refractivity contribution in [2.75, 3.05) is 13.7 Å². The molecule has 0 saturated heterocycles. The largest absolute Gasteiger partial charge is 0.465 e. The van der Waals surface area contributed by atoms with Gasteiger partial charge >= 0.3 is 5.97 Å². The van der Waals surface area contributed by atoms with Crippen LogP contribution in [0.1, 0.15) is 28.8 Å². The average Bonchev–Trinajstić information content (AvgIpc) is 3.09. The molecule has 0 radical (unpaired) electrons. The maximum Gasteiger partial charge on any atom is 0.337 e. The molecule has 1 aromatic carbocycles. The molecular formula is C12H15NO2. The molecule has 0 aromatic heterocycles. The van der Waals surface area contributed by atoms with Crippen LogP contribution in [-0.4, -0.2) is 19.6 Å². The Labute approximate surface area is 89.2 Å². The number of carbonyl (C=O) groups excluding carboxylic acids is 1. The molecule has 1 saturated carbocycles. The molecule has 1 aromatic rings.